The van der Waals surface area contributed by atoms with Gasteiger partial charge in [-0.25, -0.2) is 4.98 Å². The van der Waals surface area contributed by atoms with Gasteiger partial charge in [0, 0.05) is 16.5 Å². The lowest BCUT2D eigenvalue weighted by Gasteiger charge is -2.16. The van der Waals surface area contributed by atoms with E-state index in [2.05, 4.69) is 9.97 Å². The molecule has 0 aliphatic carbocycles. The number of ketones is 1. The molecule has 0 bridgehead atoms. The molecular formula is C26H34N2O6. The van der Waals surface area contributed by atoms with Crippen LogP contribution >= 0.6 is 0 Å². The molecule has 0 saturated carbocycles. The van der Waals surface area contributed by atoms with Gasteiger partial charge in [-0.15, -0.1) is 0 Å². The molecule has 8 heteroatoms. The summed E-state index contributed by atoms with van der Waals surface area (Å²) in [4.78, 5) is 20.5. The van der Waals surface area contributed by atoms with Crippen LogP contribution in [0.4, 0.5) is 0 Å². The van der Waals surface area contributed by atoms with Crippen LogP contribution in [0.15, 0.2) is 42.5 Å². The minimum atomic E-state index is -0.429. The molecule has 0 spiro atoms. The number of benzene rings is 2. The van der Waals surface area contributed by atoms with E-state index in [0.717, 1.165) is 28.2 Å². The lowest BCUT2D eigenvalue weighted by molar-refractivity contribution is 0.00361. The standard InChI is InChI=1S/C26H34N2O6/c1-26(2,3)24(30)20-6-9-22-23(18-20)28-25(27-22)19-4-7-21(8-5-19)34-17-16-33-15-14-32-13-12-31-11-10-29/h4-9,18,29H,10-17H2,1-3H3,(H,27,28). The molecule has 0 aliphatic heterocycles. The quantitative estimate of drug-likeness (QED) is 0.272. The number of hydrogen-bond donors (Lipinski definition) is 2. The van der Waals surface area contributed by atoms with E-state index in [1.807, 2.05) is 63.2 Å². The summed E-state index contributed by atoms with van der Waals surface area (Å²) in [7, 11) is 0. The molecule has 0 fully saturated rings. The number of aromatic amines is 1. The van der Waals surface area contributed by atoms with Crippen molar-refractivity contribution >= 4 is 16.8 Å². The number of hydrogen-bond acceptors (Lipinski definition) is 7. The molecule has 0 amide bonds. The second kappa shape index (κ2) is 12.6. The minimum absolute atomic E-state index is 0.0214. The van der Waals surface area contributed by atoms with E-state index in [1.165, 1.54) is 0 Å². The van der Waals surface area contributed by atoms with E-state index >= 15 is 0 Å². The average Bonchev–Trinajstić information content (AvgIpc) is 3.25. The number of Topliss-reactive ketones (excluding diaryl/α,β-unsaturated/α-hetero) is 1. The van der Waals surface area contributed by atoms with Gasteiger partial charge >= 0.3 is 0 Å². The third-order valence-electron chi connectivity index (χ3n) is 5.03. The van der Waals surface area contributed by atoms with E-state index in [0.29, 0.717) is 51.8 Å². The largest absolute Gasteiger partial charge is 0.491 e. The molecule has 0 radical (unpaired) electrons. The van der Waals surface area contributed by atoms with Crippen molar-refractivity contribution in [2.45, 2.75) is 20.8 Å². The van der Waals surface area contributed by atoms with Gasteiger partial charge < -0.3 is 29.0 Å². The molecule has 0 aliphatic rings. The molecule has 3 rings (SSSR count). The van der Waals surface area contributed by atoms with Crippen molar-refractivity contribution in [1.29, 1.82) is 0 Å². The van der Waals surface area contributed by atoms with E-state index in [1.54, 1.807) is 0 Å². The Morgan fingerprint density at radius 1 is 0.882 bits per heavy atom. The number of carbonyl (C=O) groups is 1. The van der Waals surface area contributed by atoms with Crippen molar-refractivity contribution in [1.82, 2.24) is 9.97 Å². The van der Waals surface area contributed by atoms with Crippen LogP contribution in [0.25, 0.3) is 22.4 Å². The second-order valence-corrected chi connectivity index (χ2v) is 8.83. The molecule has 1 heterocycles. The number of aromatic nitrogens is 2. The van der Waals surface area contributed by atoms with Gasteiger partial charge in [-0.2, -0.15) is 0 Å². The lowest BCUT2D eigenvalue weighted by Crippen LogP contribution is -2.19. The third-order valence-corrected chi connectivity index (χ3v) is 5.03. The van der Waals surface area contributed by atoms with Crippen LogP contribution in [0.1, 0.15) is 31.1 Å². The highest BCUT2D eigenvalue weighted by molar-refractivity contribution is 6.02. The van der Waals surface area contributed by atoms with Crippen molar-refractivity contribution in [3.05, 3.63) is 48.0 Å². The Hall–Kier alpha value is -2.78. The van der Waals surface area contributed by atoms with Gasteiger partial charge in [0.15, 0.2) is 5.78 Å². The Kier molecular flexibility index (Phi) is 9.59. The first kappa shape index (κ1) is 25.8. The SMILES string of the molecule is CC(C)(C)C(=O)c1ccc2nc(-c3ccc(OCCOCCOCCOCCO)cc3)[nH]c2c1. The van der Waals surface area contributed by atoms with Gasteiger partial charge in [-0.05, 0) is 42.5 Å². The third kappa shape index (κ3) is 7.63. The molecular weight excluding hydrogens is 436 g/mol. The predicted molar refractivity (Wildman–Crippen MR) is 130 cm³/mol. The fraction of sp³-hybridized carbons (Fsp3) is 0.462. The first-order valence-corrected chi connectivity index (χ1v) is 11.5. The summed E-state index contributed by atoms with van der Waals surface area (Å²) < 4.78 is 21.7. The number of nitrogens with one attached hydrogen (secondary N) is 1. The first-order valence-electron chi connectivity index (χ1n) is 11.5. The van der Waals surface area contributed by atoms with Crippen molar-refractivity contribution in [3.63, 3.8) is 0 Å². The summed E-state index contributed by atoms with van der Waals surface area (Å²) in [5, 5.41) is 8.60. The van der Waals surface area contributed by atoms with Gasteiger partial charge in [0.1, 0.15) is 18.2 Å². The Labute approximate surface area is 200 Å². The van der Waals surface area contributed by atoms with Crippen LogP contribution in [-0.2, 0) is 14.2 Å². The van der Waals surface area contributed by atoms with Crippen molar-refractivity contribution in [2.75, 3.05) is 52.9 Å². The highest BCUT2D eigenvalue weighted by Gasteiger charge is 2.23. The predicted octanol–water partition coefficient (Wildman–Crippen LogP) is 3.88. The smallest absolute Gasteiger partial charge is 0.168 e. The number of aliphatic hydroxyl groups is 1. The normalized spacial score (nSPS) is 11.8. The summed E-state index contributed by atoms with van der Waals surface area (Å²) in [6.45, 7) is 8.92. The molecule has 0 unspecified atom stereocenters. The Morgan fingerprint density at radius 3 is 2.12 bits per heavy atom. The number of aliphatic hydroxyl groups excluding tert-OH is 1. The molecule has 0 saturated heterocycles. The Bertz CT molecular complexity index is 1040. The van der Waals surface area contributed by atoms with Crippen LogP contribution in [0.2, 0.25) is 0 Å². The molecule has 184 valence electrons. The highest BCUT2D eigenvalue weighted by atomic mass is 16.6. The van der Waals surface area contributed by atoms with Crippen LogP contribution in [0.3, 0.4) is 0 Å². The fourth-order valence-corrected chi connectivity index (χ4v) is 3.25. The minimum Gasteiger partial charge on any atom is -0.491 e. The Balaban J connectivity index is 1.43. The summed E-state index contributed by atoms with van der Waals surface area (Å²) in [5.41, 5.74) is 2.84. The number of imidazole rings is 1. The highest BCUT2D eigenvalue weighted by Crippen LogP contribution is 2.26. The van der Waals surface area contributed by atoms with E-state index in [4.69, 9.17) is 24.1 Å². The maximum absolute atomic E-state index is 12.6. The van der Waals surface area contributed by atoms with Crippen molar-refractivity contribution < 1.29 is 28.8 Å². The zero-order valence-corrected chi connectivity index (χ0v) is 20.1. The van der Waals surface area contributed by atoms with Crippen LogP contribution in [-0.4, -0.2) is 73.7 Å². The molecule has 34 heavy (non-hydrogen) atoms. The molecule has 8 nitrogen and oxygen atoms in total. The molecule has 3 aromatic rings. The average molecular weight is 471 g/mol. The maximum atomic E-state index is 12.6. The fourth-order valence-electron chi connectivity index (χ4n) is 3.25. The number of carbonyl (C=O) groups excluding carboxylic acids is 1. The maximum Gasteiger partial charge on any atom is 0.168 e. The molecule has 0 atom stereocenters. The lowest BCUT2D eigenvalue weighted by atomic mass is 9.86. The summed E-state index contributed by atoms with van der Waals surface area (Å²) in [6.07, 6.45) is 0. The van der Waals surface area contributed by atoms with Crippen LogP contribution in [0.5, 0.6) is 5.75 Å². The number of rotatable bonds is 14. The second-order valence-electron chi connectivity index (χ2n) is 8.83. The van der Waals surface area contributed by atoms with E-state index in [-0.39, 0.29) is 12.4 Å². The van der Waals surface area contributed by atoms with Crippen LogP contribution in [0, 0.1) is 5.41 Å². The number of nitrogens with zero attached hydrogens (tertiary/aromatic N) is 1. The van der Waals surface area contributed by atoms with Gasteiger partial charge in [-0.1, -0.05) is 20.8 Å². The number of ether oxygens (including phenoxy) is 4. The van der Waals surface area contributed by atoms with E-state index in [9.17, 15) is 4.79 Å². The van der Waals surface area contributed by atoms with Gasteiger partial charge in [-0.3, -0.25) is 4.79 Å². The first-order chi connectivity index (χ1) is 16.4. The summed E-state index contributed by atoms with van der Waals surface area (Å²) in [6, 6.07) is 13.3. The number of H-pyrrole nitrogens is 1. The Morgan fingerprint density at radius 2 is 1.50 bits per heavy atom. The molecule has 1 aromatic heterocycles. The summed E-state index contributed by atoms with van der Waals surface area (Å²) >= 11 is 0. The number of fused-ring (bicyclic) bond motifs is 1. The van der Waals surface area contributed by atoms with Crippen molar-refractivity contribution in [3.8, 4) is 17.1 Å². The van der Waals surface area contributed by atoms with Crippen molar-refractivity contribution in [2.24, 2.45) is 5.41 Å². The monoisotopic (exact) mass is 470 g/mol. The van der Waals surface area contributed by atoms with E-state index < -0.39 is 5.41 Å². The van der Waals surface area contributed by atoms with Gasteiger partial charge in [0.25, 0.3) is 0 Å². The molecule has 2 N–H and O–H groups in total. The zero-order valence-electron chi connectivity index (χ0n) is 20.1. The molecule has 2 aromatic carbocycles. The van der Waals surface area contributed by atoms with Gasteiger partial charge in [0.2, 0.25) is 0 Å². The topological polar surface area (TPSA) is 103 Å². The van der Waals surface area contributed by atoms with Crippen LogP contribution < -0.4 is 4.74 Å². The van der Waals surface area contributed by atoms with Gasteiger partial charge in [0.05, 0.1) is 57.3 Å². The zero-order chi connectivity index (χ0) is 24.4. The summed E-state index contributed by atoms with van der Waals surface area (Å²) in [5.74, 6) is 1.60.